The molecule has 4 heteroatoms. The van der Waals surface area contributed by atoms with Crippen LogP contribution in [0.1, 0.15) is 5.56 Å². The van der Waals surface area contributed by atoms with Crippen molar-refractivity contribution in [2.45, 2.75) is 6.54 Å². The van der Waals surface area contributed by atoms with E-state index >= 15 is 0 Å². The predicted octanol–water partition coefficient (Wildman–Crippen LogP) is 3.85. The van der Waals surface area contributed by atoms with Gasteiger partial charge in [0.25, 0.3) is 0 Å². The molecule has 3 rings (SSSR count). The summed E-state index contributed by atoms with van der Waals surface area (Å²) in [6.45, 7) is 0.690. The normalized spacial score (nSPS) is 10.8. The lowest BCUT2D eigenvalue weighted by Gasteiger charge is -2.11. The first-order valence-corrected chi connectivity index (χ1v) is 6.66. The summed E-state index contributed by atoms with van der Waals surface area (Å²) in [5.41, 5.74) is 2.10. The zero-order valence-electron chi connectivity index (χ0n) is 12.0. The third-order valence-electron chi connectivity index (χ3n) is 3.53. The molecular weight excluding hydrogens is 269 g/mol. The van der Waals surface area contributed by atoms with Gasteiger partial charge in [-0.2, -0.15) is 0 Å². The molecule has 0 spiro atoms. The Kier molecular flexibility index (Phi) is 3.52. The molecule has 3 aromatic rings. The molecule has 1 aromatic heterocycles. The molecule has 0 amide bonds. The SMILES string of the molecule is COc1ccc(Cn2ccc3cc(F)ccc32)cc1OC. The molecule has 108 valence electrons. The first kappa shape index (κ1) is 13.5. The number of hydrogen-bond donors (Lipinski definition) is 0. The van der Waals surface area contributed by atoms with Crippen LogP contribution in [0.25, 0.3) is 10.9 Å². The van der Waals surface area contributed by atoms with Crippen molar-refractivity contribution in [2.24, 2.45) is 0 Å². The number of rotatable bonds is 4. The van der Waals surface area contributed by atoms with Gasteiger partial charge in [-0.1, -0.05) is 6.07 Å². The van der Waals surface area contributed by atoms with Crippen LogP contribution < -0.4 is 9.47 Å². The molecule has 0 atom stereocenters. The van der Waals surface area contributed by atoms with Crippen molar-refractivity contribution < 1.29 is 13.9 Å². The minimum absolute atomic E-state index is 0.216. The van der Waals surface area contributed by atoms with Crippen LogP contribution in [0.5, 0.6) is 11.5 Å². The number of benzene rings is 2. The van der Waals surface area contributed by atoms with Crippen molar-refractivity contribution in [3.8, 4) is 11.5 Å². The number of methoxy groups -OCH3 is 2. The van der Waals surface area contributed by atoms with Gasteiger partial charge in [-0.05, 0) is 42.0 Å². The summed E-state index contributed by atoms with van der Waals surface area (Å²) in [7, 11) is 3.24. The van der Waals surface area contributed by atoms with Crippen LogP contribution in [0.4, 0.5) is 4.39 Å². The van der Waals surface area contributed by atoms with E-state index in [1.54, 1.807) is 26.4 Å². The fourth-order valence-corrected chi connectivity index (χ4v) is 2.48. The van der Waals surface area contributed by atoms with E-state index in [1.165, 1.54) is 6.07 Å². The van der Waals surface area contributed by atoms with Gasteiger partial charge in [0.1, 0.15) is 5.82 Å². The zero-order chi connectivity index (χ0) is 14.8. The molecule has 0 N–H and O–H groups in total. The number of hydrogen-bond acceptors (Lipinski definition) is 2. The molecule has 21 heavy (non-hydrogen) atoms. The minimum atomic E-state index is -0.216. The van der Waals surface area contributed by atoms with E-state index in [-0.39, 0.29) is 5.82 Å². The van der Waals surface area contributed by atoms with E-state index in [9.17, 15) is 4.39 Å². The van der Waals surface area contributed by atoms with Gasteiger partial charge < -0.3 is 14.0 Å². The lowest BCUT2D eigenvalue weighted by molar-refractivity contribution is 0.354. The molecule has 0 saturated heterocycles. The molecule has 3 nitrogen and oxygen atoms in total. The smallest absolute Gasteiger partial charge is 0.161 e. The van der Waals surface area contributed by atoms with Crippen molar-refractivity contribution in [1.82, 2.24) is 4.57 Å². The predicted molar refractivity (Wildman–Crippen MR) is 80.5 cm³/mol. The Morgan fingerprint density at radius 1 is 0.952 bits per heavy atom. The van der Waals surface area contributed by atoms with Crippen molar-refractivity contribution in [2.75, 3.05) is 14.2 Å². The van der Waals surface area contributed by atoms with Gasteiger partial charge in [0.2, 0.25) is 0 Å². The lowest BCUT2D eigenvalue weighted by atomic mass is 10.2. The molecule has 0 unspecified atom stereocenters. The third kappa shape index (κ3) is 2.57. The summed E-state index contributed by atoms with van der Waals surface area (Å²) in [4.78, 5) is 0. The van der Waals surface area contributed by atoms with Crippen LogP contribution in [0, 0.1) is 5.82 Å². The zero-order valence-corrected chi connectivity index (χ0v) is 12.0. The van der Waals surface area contributed by atoms with E-state index in [0.717, 1.165) is 16.5 Å². The van der Waals surface area contributed by atoms with Crippen LogP contribution in [0.3, 0.4) is 0 Å². The van der Waals surface area contributed by atoms with E-state index in [2.05, 4.69) is 4.57 Å². The van der Waals surface area contributed by atoms with Crippen molar-refractivity contribution in [3.05, 3.63) is 60.0 Å². The van der Waals surface area contributed by atoms with Gasteiger partial charge in [-0.3, -0.25) is 0 Å². The summed E-state index contributed by atoms with van der Waals surface area (Å²) in [5, 5.41) is 0.899. The molecule has 0 aliphatic carbocycles. The highest BCUT2D eigenvalue weighted by Gasteiger charge is 2.07. The van der Waals surface area contributed by atoms with E-state index < -0.39 is 0 Å². The molecule has 0 aliphatic rings. The largest absolute Gasteiger partial charge is 0.493 e. The molecule has 0 saturated carbocycles. The van der Waals surface area contributed by atoms with Crippen LogP contribution in [0.2, 0.25) is 0 Å². The Balaban J connectivity index is 1.95. The molecule has 0 aliphatic heterocycles. The Bertz CT molecular complexity index is 780. The molecular formula is C17H16FNO2. The first-order chi connectivity index (χ1) is 10.2. The summed E-state index contributed by atoms with van der Waals surface area (Å²) >= 11 is 0. The van der Waals surface area contributed by atoms with Gasteiger partial charge >= 0.3 is 0 Å². The molecule has 0 fully saturated rings. The summed E-state index contributed by atoms with van der Waals surface area (Å²) in [6.07, 6.45) is 1.96. The highest BCUT2D eigenvalue weighted by Crippen LogP contribution is 2.28. The maximum Gasteiger partial charge on any atom is 0.161 e. The molecule has 0 radical (unpaired) electrons. The second-order valence-corrected chi connectivity index (χ2v) is 4.84. The maximum atomic E-state index is 13.2. The summed E-state index contributed by atoms with van der Waals surface area (Å²) in [5.74, 6) is 1.20. The van der Waals surface area contributed by atoms with Crippen LogP contribution in [0.15, 0.2) is 48.7 Å². The Morgan fingerprint density at radius 3 is 2.52 bits per heavy atom. The topological polar surface area (TPSA) is 23.4 Å². The number of aromatic nitrogens is 1. The Morgan fingerprint density at radius 2 is 1.76 bits per heavy atom. The van der Waals surface area contributed by atoms with Gasteiger partial charge in [0.15, 0.2) is 11.5 Å². The molecule has 2 aromatic carbocycles. The summed E-state index contributed by atoms with van der Waals surface area (Å²) < 4.78 is 25.8. The van der Waals surface area contributed by atoms with Crippen molar-refractivity contribution in [3.63, 3.8) is 0 Å². The third-order valence-corrected chi connectivity index (χ3v) is 3.53. The Labute approximate surface area is 122 Å². The second-order valence-electron chi connectivity index (χ2n) is 4.84. The fraction of sp³-hybridized carbons (Fsp3) is 0.176. The standard InChI is InChI=1S/C17H16FNO2/c1-20-16-6-3-12(9-17(16)21-2)11-19-8-7-13-10-14(18)4-5-15(13)19/h3-10H,11H2,1-2H3. The van der Waals surface area contributed by atoms with Gasteiger partial charge in [-0.15, -0.1) is 0 Å². The number of fused-ring (bicyclic) bond motifs is 1. The van der Waals surface area contributed by atoms with Crippen LogP contribution in [-0.4, -0.2) is 18.8 Å². The average Bonchev–Trinajstić information content (AvgIpc) is 2.89. The monoisotopic (exact) mass is 285 g/mol. The summed E-state index contributed by atoms with van der Waals surface area (Å²) in [6, 6.07) is 12.6. The number of halogens is 1. The Hall–Kier alpha value is -2.49. The maximum absolute atomic E-state index is 13.2. The van der Waals surface area contributed by atoms with Gasteiger partial charge in [0, 0.05) is 23.6 Å². The van der Waals surface area contributed by atoms with Crippen LogP contribution >= 0.6 is 0 Å². The van der Waals surface area contributed by atoms with Crippen LogP contribution in [-0.2, 0) is 6.54 Å². The minimum Gasteiger partial charge on any atom is -0.493 e. The highest BCUT2D eigenvalue weighted by atomic mass is 19.1. The van der Waals surface area contributed by atoms with E-state index in [0.29, 0.717) is 18.0 Å². The molecule has 1 heterocycles. The number of nitrogens with zero attached hydrogens (tertiary/aromatic N) is 1. The highest BCUT2D eigenvalue weighted by molar-refractivity contribution is 5.80. The fourth-order valence-electron chi connectivity index (χ4n) is 2.48. The first-order valence-electron chi connectivity index (χ1n) is 6.66. The van der Waals surface area contributed by atoms with E-state index in [1.807, 2.05) is 30.5 Å². The van der Waals surface area contributed by atoms with Gasteiger partial charge in [-0.25, -0.2) is 4.39 Å². The van der Waals surface area contributed by atoms with Crippen molar-refractivity contribution in [1.29, 1.82) is 0 Å². The second kappa shape index (κ2) is 5.48. The average molecular weight is 285 g/mol. The number of ether oxygens (including phenoxy) is 2. The molecule has 0 bridgehead atoms. The van der Waals surface area contributed by atoms with Gasteiger partial charge in [0.05, 0.1) is 14.2 Å². The van der Waals surface area contributed by atoms with Crippen molar-refractivity contribution >= 4 is 10.9 Å². The van der Waals surface area contributed by atoms with E-state index in [4.69, 9.17) is 9.47 Å². The lowest BCUT2D eigenvalue weighted by Crippen LogP contribution is -1.99. The quantitative estimate of drug-likeness (QED) is 0.727.